The summed E-state index contributed by atoms with van der Waals surface area (Å²) in [6.45, 7) is 2.46. The third-order valence-electron chi connectivity index (χ3n) is 3.97. The van der Waals surface area contributed by atoms with Crippen LogP contribution in [-0.4, -0.2) is 0 Å². The van der Waals surface area contributed by atoms with Gasteiger partial charge in [-0.15, -0.1) is 0 Å². The van der Waals surface area contributed by atoms with Crippen molar-refractivity contribution in [1.29, 1.82) is 0 Å². The van der Waals surface area contributed by atoms with Crippen LogP contribution >= 0.6 is 0 Å². The van der Waals surface area contributed by atoms with Crippen LogP contribution in [0.2, 0.25) is 0 Å². The van der Waals surface area contributed by atoms with Gasteiger partial charge in [-0.05, 0) is 30.6 Å². The maximum Gasteiger partial charge on any atom is 0.0130 e. The van der Waals surface area contributed by atoms with Crippen LogP contribution in [-0.2, 0) is 0 Å². The van der Waals surface area contributed by atoms with Crippen molar-refractivity contribution in [2.45, 2.75) is 26.2 Å². The summed E-state index contributed by atoms with van der Waals surface area (Å²) in [6, 6.07) is 0. The lowest BCUT2D eigenvalue weighted by Crippen LogP contribution is -2.06. The third-order valence-corrected chi connectivity index (χ3v) is 3.97. The van der Waals surface area contributed by atoms with Crippen molar-refractivity contribution in [3.63, 3.8) is 0 Å². The molecule has 1 spiro atoms. The Bertz CT molecular complexity index is 243. The van der Waals surface area contributed by atoms with Crippen molar-refractivity contribution >= 4 is 0 Å². The van der Waals surface area contributed by atoms with Gasteiger partial charge < -0.3 is 0 Å². The molecule has 3 aliphatic carbocycles. The molecule has 0 aromatic heterocycles. The van der Waals surface area contributed by atoms with Crippen LogP contribution in [0.4, 0.5) is 0 Å². The lowest BCUT2D eigenvalue weighted by molar-refractivity contribution is 0.423. The maximum absolute atomic E-state index is 2.46. The molecule has 0 amide bonds. The minimum Gasteiger partial charge on any atom is -0.0740 e. The van der Waals surface area contributed by atoms with Gasteiger partial charge in [0.15, 0.2) is 0 Å². The second-order valence-electron chi connectivity index (χ2n) is 4.63. The summed E-state index contributed by atoms with van der Waals surface area (Å²) in [5, 5.41) is 0. The molecule has 11 heavy (non-hydrogen) atoms. The van der Waals surface area contributed by atoms with E-state index in [-0.39, 0.29) is 0 Å². The normalized spacial score (nSPS) is 43.7. The highest BCUT2D eigenvalue weighted by molar-refractivity contribution is 5.39. The summed E-state index contributed by atoms with van der Waals surface area (Å²) >= 11 is 0. The highest BCUT2D eigenvalue weighted by atomic mass is 14.7. The molecule has 0 bridgehead atoms. The van der Waals surface area contributed by atoms with E-state index in [0.717, 1.165) is 5.92 Å². The average molecular weight is 146 g/mol. The van der Waals surface area contributed by atoms with Crippen LogP contribution in [0.5, 0.6) is 0 Å². The molecule has 0 N–H and O–H groups in total. The number of allylic oxidation sites excluding steroid dienone is 4. The molecule has 0 heteroatoms. The predicted molar refractivity (Wildman–Crippen MR) is 46.2 cm³/mol. The van der Waals surface area contributed by atoms with Crippen molar-refractivity contribution < 1.29 is 0 Å². The number of hydrogen-bond acceptors (Lipinski definition) is 0. The molecule has 0 radical (unpaired) electrons. The summed E-state index contributed by atoms with van der Waals surface area (Å²) in [7, 11) is 0. The molecule has 58 valence electrons. The largest absolute Gasteiger partial charge is 0.0740 e. The van der Waals surface area contributed by atoms with Crippen LogP contribution in [0.25, 0.3) is 0 Å². The summed E-state index contributed by atoms with van der Waals surface area (Å²) in [6.07, 6.45) is 13.6. The van der Waals surface area contributed by atoms with Crippen LogP contribution in [0, 0.1) is 16.7 Å². The third kappa shape index (κ3) is 0.571. The molecule has 1 atom stereocenters. The summed E-state index contributed by atoms with van der Waals surface area (Å²) in [5.41, 5.74) is 1.19. The van der Waals surface area contributed by atoms with Crippen molar-refractivity contribution in [2.75, 3.05) is 0 Å². The van der Waals surface area contributed by atoms with E-state index in [1.54, 1.807) is 0 Å². The Morgan fingerprint density at radius 2 is 1.82 bits per heavy atom. The minimum atomic E-state index is 0.522. The van der Waals surface area contributed by atoms with E-state index in [4.69, 9.17) is 0 Å². The molecule has 3 aliphatic rings. The van der Waals surface area contributed by atoms with Crippen LogP contribution < -0.4 is 0 Å². The molecule has 0 heterocycles. The lowest BCUT2D eigenvalue weighted by atomic mass is 9.91. The second kappa shape index (κ2) is 1.48. The van der Waals surface area contributed by atoms with E-state index in [2.05, 4.69) is 31.2 Å². The number of hydrogen-bond donors (Lipinski definition) is 0. The molecule has 0 aliphatic heterocycles. The average Bonchev–Trinajstić information content (AvgIpc) is 2.82. The zero-order chi connectivity index (χ0) is 7.53. The maximum atomic E-state index is 2.46. The quantitative estimate of drug-likeness (QED) is 0.533. The molecule has 0 aromatic carbocycles. The van der Waals surface area contributed by atoms with Gasteiger partial charge in [0.25, 0.3) is 0 Å². The van der Waals surface area contributed by atoms with E-state index < -0.39 is 0 Å². The first-order valence-corrected chi connectivity index (χ1v) is 4.64. The SMILES string of the molecule is CC1(C2CC2)CC12C=CC=C2. The Morgan fingerprint density at radius 3 is 2.36 bits per heavy atom. The summed E-state index contributed by atoms with van der Waals surface area (Å²) < 4.78 is 0. The molecule has 2 saturated carbocycles. The van der Waals surface area contributed by atoms with Crippen molar-refractivity contribution in [3.05, 3.63) is 24.3 Å². The minimum absolute atomic E-state index is 0.522. The Hall–Kier alpha value is -0.520. The van der Waals surface area contributed by atoms with Gasteiger partial charge in [-0.1, -0.05) is 31.2 Å². The van der Waals surface area contributed by atoms with Crippen LogP contribution in [0.1, 0.15) is 26.2 Å². The fraction of sp³-hybridized carbons (Fsp3) is 0.636. The monoisotopic (exact) mass is 146 g/mol. The first-order chi connectivity index (χ1) is 5.27. The molecule has 0 nitrogen and oxygen atoms in total. The highest BCUT2D eigenvalue weighted by Gasteiger charge is 2.67. The van der Waals surface area contributed by atoms with Gasteiger partial charge in [0.2, 0.25) is 0 Å². The molecule has 0 saturated heterocycles. The standard InChI is InChI=1S/C11H14/c1-10(9-4-5-9)8-11(10)6-2-3-7-11/h2-3,6-7,9H,4-5,8H2,1H3. The van der Waals surface area contributed by atoms with Gasteiger partial charge in [0.05, 0.1) is 0 Å². The Morgan fingerprint density at radius 1 is 1.18 bits per heavy atom. The summed E-state index contributed by atoms with van der Waals surface area (Å²) in [4.78, 5) is 0. The smallest absolute Gasteiger partial charge is 0.0130 e. The molecule has 2 fully saturated rings. The Labute approximate surface area is 68.0 Å². The first-order valence-electron chi connectivity index (χ1n) is 4.64. The summed E-state index contributed by atoms with van der Waals surface area (Å²) in [5.74, 6) is 1.05. The topological polar surface area (TPSA) is 0 Å². The van der Waals surface area contributed by atoms with E-state index in [1.807, 2.05) is 0 Å². The highest BCUT2D eigenvalue weighted by Crippen LogP contribution is 2.75. The molecular weight excluding hydrogens is 132 g/mol. The van der Waals surface area contributed by atoms with Gasteiger partial charge in [0.1, 0.15) is 0 Å². The van der Waals surface area contributed by atoms with Crippen molar-refractivity contribution in [3.8, 4) is 0 Å². The van der Waals surface area contributed by atoms with Crippen molar-refractivity contribution in [2.24, 2.45) is 16.7 Å². The number of rotatable bonds is 1. The van der Waals surface area contributed by atoms with Gasteiger partial charge in [-0.3, -0.25) is 0 Å². The van der Waals surface area contributed by atoms with Gasteiger partial charge in [-0.25, -0.2) is 0 Å². The van der Waals surface area contributed by atoms with Gasteiger partial charge in [-0.2, -0.15) is 0 Å². The fourth-order valence-electron chi connectivity index (χ4n) is 2.82. The second-order valence-corrected chi connectivity index (χ2v) is 4.63. The molecule has 3 rings (SSSR count). The van der Waals surface area contributed by atoms with Crippen LogP contribution in [0.15, 0.2) is 24.3 Å². The molecule has 0 aromatic rings. The van der Waals surface area contributed by atoms with Gasteiger partial charge >= 0.3 is 0 Å². The van der Waals surface area contributed by atoms with Gasteiger partial charge in [0, 0.05) is 5.41 Å². The van der Waals surface area contributed by atoms with E-state index in [0.29, 0.717) is 10.8 Å². The van der Waals surface area contributed by atoms with Crippen molar-refractivity contribution in [1.82, 2.24) is 0 Å². The van der Waals surface area contributed by atoms with Crippen LogP contribution in [0.3, 0.4) is 0 Å². The molecular formula is C11H14. The lowest BCUT2D eigenvalue weighted by Gasteiger charge is -2.12. The zero-order valence-corrected chi connectivity index (χ0v) is 7.01. The predicted octanol–water partition coefficient (Wildman–Crippen LogP) is 2.92. The Balaban J connectivity index is 1.94. The zero-order valence-electron chi connectivity index (χ0n) is 7.01. The molecule has 1 unspecified atom stereocenters. The fourth-order valence-corrected chi connectivity index (χ4v) is 2.82. The van der Waals surface area contributed by atoms with E-state index >= 15 is 0 Å². The van der Waals surface area contributed by atoms with E-state index in [1.165, 1.54) is 19.3 Å². The Kier molecular flexibility index (Phi) is 0.812. The first kappa shape index (κ1) is 6.05. The van der Waals surface area contributed by atoms with E-state index in [9.17, 15) is 0 Å².